The fourth-order valence-corrected chi connectivity index (χ4v) is 4.99. The second kappa shape index (κ2) is 7.20. The molecule has 1 aromatic carbocycles. The van der Waals surface area contributed by atoms with Gasteiger partial charge in [-0.1, -0.05) is 29.8 Å². The topological polar surface area (TPSA) is 93.4 Å². The van der Waals surface area contributed by atoms with Crippen molar-refractivity contribution in [3.8, 4) is 0 Å². The van der Waals surface area contributed by atoms with Crippen LogP contribution in [-0.4, -0.2) is 41.8 Å². The van der Waals surface area contributed by atoms with Crippen molar-refractivity contribution in [1.82, 2.24) is 15.2 Å². The van der Waals surface area contributed by atoms with Gasteiger partial charge >= 0.3 is 0 Å². The molecule has 2 aromatic rings. The van der Waals surface area contributed by atoms with E-state index in [0.717, 1.165) is 5.56 Å². The van der Waals surface area contributed by atoms with Gasteiger partial charge in [-0.25, -0.2) is 18.5 Å². The third-order valence-corrected chi connectivity index (χ3v) is 6.50. The maximum atomic E-state index is 12.2. The van der Waals surface area contributed by atoms with Crippen molar-refractivity contribution < 1.29 is 13.2 Å². The number of nitrogens with zero attached hydrogens (tertiary/aromatic N) is 3. The van der Waals surface area contributed by atoms with E-state index in [1.807, 2.05) is 19.1 Å². The molecule has 1 fully saturated rings. The summed E-state index contributed by atoms with van der Waals surface area (Å²) in [6.07, 6.45) is 1.92. The molecule has 7 nitrogen and oxygen atoms in total. The Morgan fingerprint density at radius 2 is 2.12 bits per heavy atom. The summed E-state index contributed by atoms with van der Waals surface area (Å²) in [7, 11) is -3.04. The van der Waals surface area contributed by atoms with Crippen LogP contribution in [0.5, 0.6) is 0 Å². The Bertz CT molecular complexity index is 982. The van der Waals surface area contributed by atoms with Gasteiger partial charge in [-0.15, -0.1) is 0 Å². The van der Waals surface area contributed by atoms with E-state index in [9.17, 15) is 13.2 Å². The highest BCUT2D eigenvalue weighted by Crippen LogP contribution is 2.29. The van der Waals surface area contributed by atoms with E-state index in [0.29, 0.717) is 28.4 Å². The van der Waals surface area contributed by atoms with Crippen LogP contribution in [0.3, 0.4) is 0 Å². The second-order valence-electron chi connectivity index (χ2n) is 6.31. The third kappa shape index (κ3) is 3.81. The molecule has 1 aromatic heterocycles. The zero-order chi connectivity index (χ0) is 18.9. The van der Waals surface area contributed by atoms with E-state index in [-0.39, 0.29) is 23.5 Å². The third-order valence-electron chi connectivity index (χ3n) is 4.37. The predicted molar refractivity (Wildman–Crippen MR) is 101 cm³/mol. The molecule has 0 unspecified atom stereocenters. The molecule has 1 N–H and O–H groups in total. The van der Waals surface area contributed by atoms with Gasteiger partial charge in [0.15, 0.2) is 9.84 Å². The average molecular weight is 395 g/mol. The van der Waals surface area contributed by atoms with Gasteiger partial charge in [-0.05, 0) is 31.9 Å². The maximum absolute atomic E-state index is 12.2. The van der Waals surface area contributed by atoms with Crippen molar-refractivity contribution in [3.63, 3.8) is 0 Å². The molecule has 26 heavy (non-hydrogen) atoms. The number of aromatic nitrogens is 2. The van der Waals surface area contributed by atoms with Gasteiger partial charge in [0.2, 0.25) is 0 Å². The number of sulfone groups is 1. The standard InChI is InChI=1S/C17H19ClN4O3S/c1-11-5-3-4-6-14(11)17(23)20-19-9-15-12(2)21-22(16(15)18)13-7-8-26(24,25)10-13/h3-6,9,13H,7-8,10H2,1-2H3,(H,20,23)/b19-9-/t13-/m0/s1. The molecule has 1 aliphatic rings. The number of halogens is 1. The van der Waals surface area contributed by atoms with Crippen LogP contribution in [0.1, 0.15) is 39.6 Å². The summed E-state index contributed by atoms with van der Waals surface area (Å²) in [5, 5.41) is 8.63. The Labute approximate surface area is 157 Å². The first-order chi connectivity index (χ1) is 12.3. The molecule has 1 aliphatic heterocycles. The first-order valence-electron chi connectivity index (χ1n) is 8.12. The van der Waals surface area contributed by atoms with E-state index in [4.69, 9.17) is 11.6 Å². The minimum atomic E-state index is -3.04. The maximum Gasteiger partial charge on any atom is 0.271 e. The Balaban J connectivity index is 1.75. The van der Waals surface area contributed by atoms with E-state index in [1.165, 1.54) is 10.9 Å². The number of hydrogen-bond acceptors (Lipinski definition) is 5. The Morgan fingerprint density at radius 3 is 2.77 bits per heavy atom. The van der Waals surface area contributed by atoms with Crippen LogP contribution in [-0.2, 0) is 9.84 Å². The number of hydrogen-bond donors (Lipinski definition) is 1. The number of carbonyl (C=O) groups is 1. The number of aryl methyl sites for hydroxylation is 2. The molecule has 1 saturated heterocycles. The van der Waals surface area contributed by atoms with Crippen molar-refractivity contribution in [2.45, 2.75) is 26.3 Å². The number of benzene rings is 1. The molecule has 0 bridgehead atoms. The van der Waals surface area contributed by atoms with Crippen LogP contribution >= 0.6 is 11.6 Å². The lowest BCUT2D eigenvalue weighted by molar-refractivity contribution is 0.0954. The monoisotopic (exact) mass is 394 g/mol. The van der Waals surface area contributed by atoms with Gasteiger partial charge < -0.3 is 0 Å². The fourth-order valence-electron chi connectivity index (χ4n) is 2.93. The quantitative estimate of drug-likeness (QED) is 0.635. The Hall–Kier alpha value is -2.19. The van der Waals surface area contributed by atoms with Crippen molar-refractivity contribution in [2.75, 3.05) is 11.5 Å². The summed E-state index contributed by atoms with van der Waals surface area (Å²) in [5.74, 6) is -0.139. The van der Waals surface area contributed by atoms with Crippen LogP contribution in [0.15, 0.2) is 29.4 Å². The summed E-state index contributed by atoms with van der Waals surface area (Å²) in [4.78, 5) is 12.2. The molecular formula is C17H19ClN4O3S. The largest absolute Gasteiger partial charge is 0.271 e. The van der Waals surface area contributed by atoms with E-state index < -0.39 is 9.84 Å². The van der Waals surface area contributed by atoms with Gasteiger partial charge in [-0.3, -0.25) is 4.79 Å². The van der Waals surface area contributed by atoms with Crippen LogP contribution in [0.25, 0.3) is 0 Å². The molecule has 1 atom stereocenters. The normalized spacial score (nSPS) is 19.1. The minimum Gasteiger partial charge on any atom is -0.267 e. The highest BCUT2D eigenvalue weighted by Gasteiger charge is 2.31. The summed E-state index contributed by atoms with van der Waals surface area (Å²) in [5.41, 5.74) is 5.04. The molecule has 138 valence electrons. The van der Waals surface area contributed by atoms with Crippen LogP contribution < -0.4 is 5.43 Å². The zero-order valence-electron chi connectivity index (χ0n) is 14.4. The molecule has 2 heterocycles. The first kappa shape index (κ1) is 18.6. The van der Waals surface area contributed by atoms with E-state index in [1.54, 1.807) is 19.1 Å². The molecule has 0 spiro atoms. The fraction of sp³-hybridized carbons (Fsp3) is 0.353. The number of amides is 1. The van der Waals surface area contributed by atoms with E-state index in [2.05, 4.69) is 15.6 Å². The van der Waals surface area contributed by atoms with Gasteiger partial charge in [0.1, 0.15) is 5.15 Å². The highest BCUT2D eigenvalue weighted by atomic mass is 35.5. The number of nitrogens with one attached hydrogen (secondary N) is 1. The van der Waals surface area contributed by atoms with Crippen LogP contribution in [0.4, 0.5) is 0 Å². The summed E-state index contributed by atoms with van der Waals surface area (Å²) in [6.45, 7) is 3.61. The lowest BCUT2D eigenvalue weighted by atomic mass is 10.1. The zero-order valence-corrected chi connectivity index (χ0v) is 16.0. The first-order valence-corrected chi connectivity index (χ1v) is 10.3. The Kier molecular flexibility index (Phi) is 5.15. The van der Waals surface area contributed by atoms with Gasteiger partial charge in [-0.2, -0.15) is 10.2 Å². The van der Waals surface area contributed by atoms with Gasteiger partial charge in [0.25, 0.3) is 5.91 Å². The number of rotatable bonds is 4. The molecule has 1 amide bonds. The highest BCUT2D eigenvalue weighted by molar-refractivity contribution is 7.91. The van der Waals surface area contributed by atoms with Crippen molar-refractivity contribution in [1.29, 1.82) is 0 Å². The molecule has 3 rings (SSSR count). The van der Waals surface area contributed by atoms with Crippen LogP contribution in [0, 0.1) is 13.8 Å². The van der Waals surface area contributed by atoms with Crippen molar-refractivity contribution >= 4 is 33.6 Å². The molecule has 0 aliphatic carbocycles. The predicted octanol–water partition coefficient (Wildman–Crippen LogP) is 2.28. The summed E-state index contributed by atoms with van der Waals surface area (Å²) in [6, 6.07) is 6.94. The molecular weight excluding hydrogens is 376 g/mol. The van der Waals surface area contributed by atoms with Crippen LogP contribution in [0.2, 0.25) is 5.15 Å². The molecule has 0 radical (unpaired) electrons. The number of hydrazone groups is 1. The average Bonchev–Trinajstić information content (AvgIpc) is 3.08. The minimum absolute atomic E-state index is 0.0362. The Morgan fingerprint density at radius 1 is 1.38 bits per heavy atom. The smallest absolute Gasteiger partial charge is 0.267 e. The van der Waals surface area contributed by atoms with Gasteiger partial charge in [0, 0.05) is 5.56 Å². The molecule has 0 saturated carbocycles. The molecule has 9 heteroatoms. The lowest BCUT2D eigenvalue weighted by Crippen LogP contribution is -2.18. The SMILES string of the molecule is Cc1ccccc1C(=O)N/N=C\c1c(C)nn([C@H]2CCS(=O)(=O)C2)c1Cl. The van der Waals surface area contributed by atoms with Gasteiger partial charge in [0.05, 0.1) is 35.0 Å². The number of carbonyl (C=O) groups excluding carboxylic acids is 1. The second-order valence-corrected chi connectivity index (χ2v) is 8.89. The van der Waals surface area contributed by atoms with Crippen molar-refractivity contribution in [3.05, 3.63) is 51.8 Å². The summed E-state index contributed by atoms with van der Waals surface area (Å²) >= 11 is 6.36. The summed E-state index contributed by atoms with van der Waals surface area (Å²) < 4.78 is 24.9. The lowest BCUT2D eigenvalue weighted by Gasteiger charge is -2.09. The van der Waals surface area contributed by atoms with E-state index >= 15 is 0 Å². The van der Waals surface area contributed by atoms with Crippen molar-refractivity contribution in [2.24, 2.45) is 5.10 Å².